The van der Waals surface area contributed by atoms with Crippen LogP contribution in [-0.2, 0) is 20.0 Å². The zero-order chi connectivity index (χ0) is 38.2. The molecule has 3 N–H and O–H groups in total. The number of oxime groups is 2. The van der Waals surface area contributed by atoms with Crippen LogP contribution in [0, 0.1) is 22.7 Å². The van der Waals surface area contributed by atoms with Gasteiger partial charge in [-0.15, -0.1) is 0 Å². The summed E-state index contributed by atoms with van der Waals surface area (Å²) in [6, 6.07) is 8.59. The van der Waals surface area contributed by atoms with E-state index >= 15 is 0 Å². The summed E-state index contributed by atoms with van der Waals surface area (Å²) < 4.78 is 61.0. The highest BCUT2D eigenvalue weighted by atomic mass is 32.2. The van der Waals surface area contributed by atoms with Crippen LogP contribution in [0.3, 0.4) is 0 Å². The van der Waals surface area contributed by atoms with E-state index in [0.29, 0.717) is 35.9 Å². The summed E-state index contributed by atoms with van der Waals surface area (Å²) >= 11 is 0. The lowest BCUT2D eigenvalue weighted by molar-refractivity contribution is 0.133. The number of fused-ring (bicyclic) bond motifs is 2. The van der Waals surface area contributed by atoms with Gasteiger partial charge in [-0.05, 0) is 125 Å². The van der Waals surface area contributed by atoms with Crippen molar-refractivity contribution in [2.45, 2.75) is 121 Å². The lowest BCUT2D eigenvalue weighted by Crippen LogP contribution is -2.44. The van der Waals surface area contributed by atoms with E-state index in [2.05, 4.69) is 56.6 Å². The van der Waals surface area contributed by atoms with Gasteiger partial charge < -0.3 is 15.3 Å². The summed E-state index contributed by atoms with van der Waals surface area (Å²) in [6.45, 7) is 14.5. The molecule has 2 aromatic carbocycles. The molecule has 3 aliphatic carbocycles. The molecule has 5 rings (SSSR count). The summed E-state index contributed by atoms with van der Waals surface area (Å²) in [7, 11) is -4.03. The maximum absolute atomic E-state index is 14.6. The van der Waals surface area contributed by atoms with E-state index in [1.165, 1.54) is 30.3 Å². The Labute approximate surface area is 311 Å². The fourth-order valence-corrected chi connectivity index (χ4v) is 11.5. The van der Waals surface area contributed by atoms with Crippen molar-refractivity contribution in [2.75, 3.05) is 27.2 Å². The summed E-state index contributed by atoms with van der Waals surface area (Å²) in [4.78, 5) is 2.05. The molecule has 0 heterocycles. The van der Waals surface area contributed by atoms with Gasteiger partial charge in [-0.25, -0.2) is 21.6 Å². The molecule has 2 aromatic rings. The molecule has 3 aliphatic rings. The third-order valence-electron chi connectivity index (χ3n) is 11.7. The number of benzene rings is 2. The minimum absolute atomic E-state index is 0.00188. The summed E-state index contributed by atoms with van der Waals surface area (Å²) in [5, 5.41) is 27.7. The molecular weight excluding hydrogens is 699 g/mol. The van der Waals surface area contributed by atoms with Crippen molar-refractivity contribution in [3.05, 3.63) is 58.7 Å². The van der Waals surface area contributed by atoms with E-state index < -0.39 is 20.0 Å². The van der Waals surface area contributed by atoms with Crippen molar-refractivity contribution in [1.29, 1.82) is 0 Å². The van der Waals surface area contributed by atoms with Crippen molar-refractivity contribution in [3.8, 4) is 0 Å². The Morgan fingerprint density at radius 2 is 1.13 bits per heavy atom. The Balaban J connectivity index is 1.46. The largest absolute Gasteiger partial charge is 0.410 e. The number of sulfonamides is 2. The molecule has 0 aliphatic heterocycles. The van der Waals surface area contributed by atoms with Gasteiger partial charge in [-0.1, -0.05) is 64.0 Å². The molecule has 0 unspecified atom stereocenters. The van der Waals surface area contributed by atoms with Gasteiger partial charge in [0.05, 0.1) is 9.79 Å². The van der Waals surface area contributed by atoms with Crippen LogP contribution in [0.25, 0.3) is 0 Å². The second-order valence-corrected chi connectivity index (χ2v) is 21.1. The van der Waals surface area contributed by atoms with Crippen LogP contribution in [0.5, 0.6) is 0 Å². The van der Waals surface area contributed by atoms with Gasteiger partial charge in [0.1, 0.15) is 11.4 Å². The molecule has 0 bridgehead atoms. The Hall–Kier alpha value is -2.84. The minimum atomic E-state index is -4.01. The molecule has 288 valence electrons. The summed E-state index contributed by atoms with van der Waals surface area (Å²) in [5.74, 6) is 1.05. The van der Waals surface area contributed by atoms with E-state index in [9.17, 15) is 27.3 Å². The van der Waals surface area contributed by atoms with Gasteiger partial charge in [0, 0.05) is 40.9 Å². The molecule has 0 saturated heterocycles. The second kappa shape index (κ2) is 15.5. The molecule has 11 nitrogen and oxygen atoms in total. The summed E-state index contributed by atoms with van der Waals surface area (Å²) in [5.41, 5.74) is 1.64. The first-order valence-corrected chi connectivity index (χ1v) is 21.6. The normalized spacial score (nSPS) is 24.7. The van der Waals surface area contributed by atoms with E-state index in [4.69, 9.17) is 0 Å². The van der Waals surface area contributed by atoms with Crippen LogP contribution in [0.2, 0.25) is 0 Å². The molecular formula is C39H59N5O6S2. The average Bonchev–Trinajstić information content (AvgIpc) is 3.07. The lowest BCUT2D eigenvalue weighted by Gasteiger charge is -2.40. The maximum Gasteiger partial charge on any atom is 0.243 e. The van der Waals surface area contributed by atoms with Crippen molar-refractivity contribution >= 4 is 31.5 Å². The molecule has 0 amide bonds. The zero-order valence-electron chi connectivity index (χ0n) is 32.2. The predicted octanol–water partition coefficient (Wildman–Crippen LogP) is 6.88. The smallest absolute Gasteiger partial charge is 0.243 e. The van der Waals surface area contributed by atoms with Gasteiger partial charge in [-0.2, -0.15) is 4.31 Å². The van der Waals surface area contributed by atoms with Crippen LogP contribution < -0.4 is 4.72 Å². The molecule has 0 spiro atoms. The van der Waals surface area contributed by atoms with Gasteiger partial charge in [0.25, 0.3) is 0 Å². The second-order valence-electron chi connectivity index (χ2n) is 17.5. The summed E-state index contributed by atoms with van der Waals surface area (Å²) in [6.07, 6.45) is 7.47. The SMILES string of the molecule is CN(C)CCCN(C1CCC(C(C)(C)C)CC1)S(=O)(=O)c1ccc2c(c1)/C(=N\O)c1cc(S(=O)(=O)NC3CCC(C(C)(C)C)CC3)ccc1/C2=N\O. The van der Waals surface area contributed by atoms with Crippen molar-refractivity contribution < 1.29 is 27.3 Å². The first kappa shape index (κ1) is 40.3. The van der Waals surface area contributed by atoms with Gasteiger partial charge >= 0.3 is 0 Å². The topological polar surface area (TPSA) is 152 Å². The van der Waals surface area contributed by atoms with E-state index in [0.717, 1.165) is 57.9 Å². The highest BCUT2D eigenvalue weighted by molar-refractivity contribution is 7.89. The average molecular weight is 758 g/mol. The first-order valence-electron chi connectivity index (χ1n) is 18.7. The Morgan fingerprint density at radius 1 is 0.673 bits per heavy atom. The zero-order valence-corrected chi connectivity index (χ0v) is 33.8. The fraction of sp³-hybridized carbons (Fsp3) is 0.641. The van der Waals surface area contributed by atoms with Crippen LogP contribution >= 0.6 is 0 Å². The quantitative estimate of drug-likeness (QED) is 0.151. The Morgan fingerprint density at radius 3 is 1.62 bits per heavy atom. The van der Waals surface area contributed by atoms with Crippen molar-refractivity contribution in [3.63, 3.8) is 0 Å². The highest BCUT2D eigenvalue weighted by Gasteiger charge is 2.39. The van der Waals surface area contributed by atoms with Crippen LogP contribution in [0.1, 0.15) is 122 Å². The Bertz CT molecular complexity index is 1880. The first-order chi connectivity index (χ1) is 24.3. The Kier molecular flexibility index (Phi) is 12.0. The van der Waals surface area contributed by atoms with E-state index in [1.54, 1.807) is 10.4 Å². The highest BCUT2D eigenvalue weighted by Crippen LogP contribution is 2.41. The minimum Gasteiger partial charge on any atom is -0.410 e. The monoisotopic (exact) mass is 757 g/mol. The van der Waals surface area contributed by atoms with Crippen molar-refractivity contribution in [2.24, 2.45) is 33.0 Å². The lowest BCUT2D eigenvalue weighted by atomic mass is 9.71. The van der Waals surface area contributed by atoms with Crippen LogP contribution in [0.15, 0.2) is 56.5 Å². The van der Waals surface area contributed by atoms with Gasteiger partial charge in [0.15, 0.2) is 0 Å². The number of nitrogens with zero attached hydrogens (tertiary/aromatic N) is 4. The molecule has 52 heavy (non-hydrogen) atoms. The van der Waals surface area contributed by atoms with Gasteiger partial charge in [0.2, 0.25) is 20.0 Å². The maximum atomic E-state index is 14.6. The molecule has 0 radical (unpaired) electrons. The number of hydrogen-bond donors (Lipinski definition) is 3. The number of nitrogens with one attached hydrogen (secondary N) is 1. The third-order valence-corrected chi connectivity index (χ3v) is 15.2. The molecule has 0 aromatic heterocycles. The van der Waals surface area contributed by atoms with Crippen LogP contribution in [-0.4, -0.2) is 87.1 Å². The molecule has 2 saturated carbocycles. The van der Waals surface area contributed by atoms with Gasteiger partial charge in [-0.3, -0.25) is 0 Å². The van der Waals surface area contributed by atoms with E-state index in [1.807, 2.05) is 19.0 Å². The number of hydrogen-bond acceptors (Lipinski definition) is 9. The molecule has 13 heteroatoms. The predicted molar refractivity (Wildman–Crippen MR) is 206 cm³/mol. The third kappa shape index (κ3) is 8.59. The standard InChI is InChI=1S/C39H59N5O6S2/c1-38(2,3)26-10-14-28(15-11-26)42-51(47,48)30-18-20-32-34(24-30)37(41-46)35-25-31(19-21-33(35)36(32)40-45)52(49,50)44(23-9-22-43(7)8)29-16-12-27(13-17-29)39(4,5)6/h18-21,24-29,42,45-46H,9-17,22-23H2,1-8H3/b40-36+,41-37-. The van der Waals surface area contributed by atoms with Crippen molar-refractivity contribution in [1.82, 2.24) is 13.9 Å². The van der Waals surface area contributed by atoms with Crippen LogP contribution in [0.4, 0.5) is 0 Å². The fourth-order valence-electron chi connectivity index (χ4n) is 8.46. The number of rotatable bonds is 10. The molecule has 0 atom stereocenters. The molecule has 2 fully saturated rings. The van der Waals surface area contributed by atoms with E-state index in [-0.39, 0.29) is 55.3 Å².